The predicted molar refractivity (Wildman–Crippen MR) is 76.7 cm³/mol. The molecule has 0 amide bonds. The molecular formula is C14H23N3O3. The number of anilines is 1. The van der Waals surface area contributed by atoms with Crippen LogP contribution < -0.4 is 10.1 Å². The minimum Gasteiger partial charge on any atom is -0.481 e. The summed E-state index contributed by atoms with van der Waals surface area (Å²) in [5, 5.41) is 3.00. The Bertz CT molecular complexity index is 455. The summed E-state index contributed by atoms with van der Waals surface area (Å²) in [6.45, 7) is 9.38. The van der Waals surface area contributed by atoms with Crippen molar-refractivity contribution in [3.8, 4) is 5.88 Å². The average Bonchev–Trinajstić information content (AvgIpc) is 2.33. The quantitative estimate of drug-likeness (QED) is 0.835. The van der Waals surface area contributed by atoms with E-state index in [9.17, 15) is 4.79 Å². The minimum absolute atomic E-state index is 0.0413. The molecule has 112 valence electrons. The van der Waals surface area contributed by atoms with Gasteiger partial charge in [0, 0.05) is 12.3 Å². The lowest BCUT2D eigenvalue weighted by molar-refractivity contribution is -0.156. The first-order chi connectivity index (χ1) is 9.23. The molecule has 20 heavy (non-hydrogen) atoms. The second-order valence-corrected chi connectivity index (χ2v) is 5.82. The van der Waals surface area contributed by atoms with Crippen molar-refractivity contribution in [3.05, 3.63) is 12.3 Å². The van der Waals surface area contributed by atoms with Gasteiger partial charge in [0.2, 0.25) is 11.8 Å². The van der Waals surface area contributed by atoms with Crippen molar-refractivity contribution in [3.63, 3.8) is 0 Å². The normalized spacial score (nSPS) is 12.9. The molecule has 1 N–H and O–H groups in total. The van der Waals surface area contributed by atoms with Crippen LogP contribution in [0, 0.1) is 5.92 Å². The molecule has 1 rings (SSSR count). The van der Waals surface area contributed by atoms with Crippen molar-refractivity contribution in [2.45, 2.75) is 46.3 Å². The molecule has 0 radical (unpaired) electrons. The highest BCUT2D eigenvalue weighted by atomic mass is 16.6. The molecule has 6 heteroatoms. The van der Waals surface area contributed by atoms with Gasteiger partial charge in [-0.25, -0.2) is 9.78 Å². The second kappa shape index (κ2) is 6.54. The molecule has 0 aromatic carbocycles. The van der Waals surface area contributed by atoms with Crippen LogP contribution in [0.15, 0.2) is 12.3 Å². The van der Waals surface area contributed by atoms with E-state index >= 15 is 0 Å². The molecule has 0 bridgehead atoms. The zero-order chi connectivity index (χ0) is 15.3. The number of methoxy groups -OCH3 is 1. The molecule has 0 fully saturated rings. The number of carbonyl (C=O) groups is 1. The van der Waals surface area contributed by atoms with Gasteiger partial charge in [-0.05, 0) is 26.7 Å². The molecule has 0 saturated carbocycles. The smallest absolute Gasteiger partial charge is 0.329 e. The van der Waals surface area contributed by atoms with Gasteiger partial charge >= 0.3 is 5.97 Å². The fourth-order valence-corrected chi connectivity index (χ4v) is 1.53. The minimum atomic E-state index is -0.527. The van der Waals surface area contributed by atoms with Crippen LogP contribution in [0.5, 0.6) is 5.88 Å². The fourth-order valence-electron chi connectivity index (χ4n) is 1.53. The zero-order valence-electron chi connectivity index (χ0n) is 12.9. The largest absolute Gasteiger partial charge is 0.481 e. The number of rotatable bonds is 5. The van der Waals surface area contributed by atoms with Crippen molar-refractivity contribution in [2.75, 3.05) is 12.4 Å². The highest BCUT2D eigenvalue weighted by Gasteiger charge is 2.28. The third-order valence-corrected chi connectivity index (χ3v) is 2.45. The Kier molecular flexibility index (Phi) is 5.30. The molecule has 1 heterocycles. The van der Waals surface area contributed by atoms with Crippen LogP contribution >= 0.6 is 0 Å². The molecule has 0 saturated heterocycles. The van der Waals surface area contributed by atoms with Gasteiger partial charge in [-0.3, -0.25) is 0 Å². The van der Waals surface area contributed by atoms with Crippen molar-refractivity contribution in [1.29, 1.82) is 0 Å². The van der Waals surface area contributed by atoms with Gasteiger partial charge in [-0.2, -0.15) is 4.98 Å². The number of ether oxygens (including phenoxy) is 2. The lowest BCUT2D eigenvalue weighted by Crippen LogP contribution is -2.40. The van der Waals surface area contributed by atoms with E-state index in [2.05, 4.69) is 15.3 Å². The van der Waals surface area contributed by atoms with Crippen LogP contribution in [0.1, 0.15) is 34.6 Å². The van der Waals surface area contributed by atoms with Crippen molar-refractivity contribution < 1.29 is 14.3 Å². The molecule has 1 aromatic rings. The summed E-state index contributed by atoms with van der Waals surface area (Å²) in [5.74, 6) is 0.502. The number of nitrogens with zero attached hydrogens (tertiary/aromatic N) is 2. The highest BCUT2D eigenvalue weighted by molar-refractivity contribution is 5.79. The van der Waals surface area contributed by atoms with Crippen LogP contribution in [0.25, 0.3) is 0 Å². The summed E-state index contributed by atoms with van der Waals surface area (Å²) in [6.07, 6.45) is 1.57. The monoisotopic (exact) mass is 281 g/mol. The standard InChI is InChI=1S/C14H23N3O3/c1-9(2)11(12(18)20-14(3,4)5)17-13-15-8-7-10(16-13)19-6/h7-9,11H,1-6H3,(H,15,16,17)/t11-/m1/s1. The summed E-state index contributed by atoms with van der Waals surface area (Å²) in [6, 6.07) is 1.13. The SMILES string of the molecule is COc1ccnc(N[C@@H](C(=O)OC(C)(C)C)C(C)C)n1. The highest BCUT2D eigenvalue weighted by Crippen LogP contribution is 2.16. The average molecular weight is 281 g/mol. The van der Waals surface area contributed by atoms with Gasteiger partial charge < -0.3 is 14.8 Å². The first-order valence-corrected chi connectivity index (χ1v) is 6.59. The van der Waals surface area contributed by atoms with Gasteiger partial charge in [0.1, 0.15) is 11.6 Å². The number of aromatic nitrogens is 2. The number of hydrogen-bond donors (Lipinski definition) is 1. The van der Waals surface area contributed by atoms with Gasteiger partial charge in [-0.15, -0.1) is 0 Å². The van der Waals surface area contributed by atoms with Crippen molar-refractivity contribution >= 4 is 11.9 Å². The summed E-state index contributed by atoms with van der Waals surface area (Å²) < 4.78 is 10.4. The maximum Gasteiger partial charge on any atom is 0.329 e. The zero-order valence-corrected chi connectivity index (χ0v) is 12.9. The molecule has 0 aliphatic rings. The lowest BCUT2D eigenvalue weighted by Gasteiger charge is -2.26. The maximum absolute atomic E-state index is 12.2. The molecule has 6 nitrogen and oxygen atoms in total. The summed E-state index contributed by atoms with van der Waals surface area (Å²) in [7, 11) is 1.53. The predicted octanol–water partition coefficient (Wildman–Crippen LogP) is 2.26. The third-order valence-electron chi connectivity index (χ3n) is 2.45. The first-order valence-electron chi connectivity index (χ1n) is 6.59. The van der Waals surface area contributed by atoms with E-state index in [0.29, 0.717) is 11.8 Å². The van der Waals surface area contributed by atoms with Crippen LogP contribution in [0.4, 0.5) is 5.95 Å². The van der Waals surface area contributed by atoms with Gasteiger partial charge in [0.05, 0.1) is 7.11 Å². The Morgan fingerprint density at radius 3 is 2.50 bits per heavy atom. The van der Waals surface area contributed by atoms with Crippen LogP contribution in [0.2, 0.25) is 0 Å². The first kappa shape index (κ1) is 16.2. The summed E-state index contributed by atoms with van der Waals surface area (Å²) >= 11 is 0. The number of esters is 1. The van der Waals surface area contributed by atoms with Gasteiger partial charge in [0.25, 0.3) is 0 Å². The van der Waals surface area contributed by atoms with E-state index in [1.807, 2.05) is 34.6 Å². The maximum atomic E-state index is 12.2. The van der Waals surface area contributed by atoms with E-state index in [0.717, 1.165) is 0 Å². The molecule has 0 aliphatic carbocycles. The van der Waals surface area contributed by atoms with Gasteiger partial charge in [-0.1, -0.05) is 13.8 Å². The lowest BCUT2D eigenvalue weighted by atomic mass is 10.0. The summed E-state index contributed by atoms with van der Waals surface area (Å²) in [4.78, 5) is 20.4. The van der Waals surface area contributed by atoms with Gasteiger partial charge in [0.15, 0.2) is 0 Å². The molecule has 0 aliphatic heterocycles. The van der Waals surface area contributed by atoms with E-state index in [1.165, 1.54) is 7.11 Å². The Hall–Kier alpha value is -1.85. The van der Waals surface area contributed by atoms with E-state index in [4.69, 9.17) is 9.47 Å². The van der Waals surface area contributed by atoms with E-state index < -0.39 is 11.6 Å². The Morgan fingerprint density at radius 2 is 2.00 bits per heavy atom. The van der Waals surface area contributed by atoms with Crippen LogP contribution in [-0.2, 0) is 9.53 Å². The van der Waals surface area contributed by atoms with Crippen LogP contribution in [0.3, 0.4) is 0 Å². The molecule has 0 spiro atoms. The Labute approximate surface area is 119 Å². The molecular weight excluding hydrogens is 258 g/mol. The molecule has 1 atom stereocenters. The Balaban J connectivity index is 2.84. The number of nitrogens with one attached hydrogen (secondary N) is 1. The third kappa shape index (κ3) is 5.03. The summed E-state index contributed by atoms with van der Waals surface area (Å²) in [5.41, 5.74) is -0.527. The fraction of sp³-hybridized carbons (Fsp3) is 0.643. The number of hydrogen-bond acceptors (Lipinski definition) is 6. The Morgan fingerprint density at radius 1 is 1.35 bits per heavy atom. The van der Waals surface area contributed by atoms with E-state index in [1.54, 1.807) is 12.3 Å². The van der Waals surface area contributed by atoms with E-state index in [-0.39, 0.29) is 11.9 Å². The molecule has 0 unspecified atom stereocenters. The molecule has 1 aromatic heterocycles. The topological polar surface area (TPSA) is 73.3 Å². The number of carbonyl (C=O) groups excluding carboxylic acids is 1. The van der Waals surface area contributed by atoms with Crippen LogP contribution in [-0.4, -0.2) is 34.7 Å². The van der Waals surface area contributed by atoms with Crippen molar-refractivity contribution in [2.24, 2.45) is 5.92 Å². The van der Waals surface area contributed by atoms with Crippen molar-refractivity contribution in [1.82, 2.24) is 9.97 Å². The second-order valence-electron chi connectivity index (χ2n) is 5.82.